The van der Waals surface area contributed by atoms with E-state index >= 15 is 0 Å². The van der Waals surface area contributed by atoms with Gasteiger partial charge in [-0.15, -0.1) is 0 Å². The second-order valence-corrected chi connectivity index (χ2v) is 6.58. The number of aryl methyl sites for hydroxylation is 2. The average molecular weight is 349 g/mol. The van der Waals surface area contributed by atoms with Gasteiger partial charge in [-0.1, -0.05) is 12.1 Å². The number of rotatable bonds is 6. The topological polar surface area (TPSA) is 48.9 Å². The molecule has 0 unspecified atom stereocenters. The fourth-order valence-corrected chi connectivity index (χ4v) is 2.68. The van der Waals surface area contributed by atoms with E-state index in [4.69, 9.17) is 17.0 Å². The zero-order valence-corrected chi connectivity index (χ0v) is 15.7. The van der Waals surface area contributed by atoms with Gasteiger partial charge in [-0.3, -0.25) is 10.3 Å². The van der Waals surface area contributed by atoms with Gasteiger partial charge in [-0.05, 0) is 68.7 Å². The number of nitrogens with zero attached hydrogens (tertiary/aromatic N) is 2. The summed E-state index contributed by atoms with van der Waals surface area (Å²) in [4.78, 5) is 2.42. The summed E-state index contributed by atoms with van der Waals surface area (Å²) < 4.78 is 5.35. The predicted octanol–water partition coefficient (Wildman–Crippen LogP) is 2.21. The fourth-order valence-electron chi connectivity index (χ4n) is 2.53. The van der Waals surface area contributed by atoms with E-state index in [9.17, 15) is 0 Å². The summed E-state index contributed by atoms with van der Waals surface area (Å²) in [6, 6.07) is 6.35. The molecule has 6 heteroatoms. The molecule has 2 rings (SSSR count). The molecule has 132 valence electrons. The maximum Gasteiger partial charge on any atom is 0.186 e. The van der Waals surface area contributed by atoms with Crippen molar-refractivity contribution in [3.8, 4) is 0 Å². The zero-order valence-electron chi connectivity index (χ0n) is 14.9. The summed E-state index contributed by atoms with van der Waals surface area (Å²) in [7, 11) is 0. The van der Waals surface area contributed by atoms with Crippen molar-refractivity contribution < 1.29 is 4.74 Å². The largest absolute Gasteiger partial charge is 0.379 e. The molecule has 0 aromatic heterocycles. The average Bonchev–Trinajstić information content (AvgIpc) is 2.60. The van der Waals surface area contributed by atoms with Crippen LogP contribution in [0.15, 0.2) is 23.3 Å². The van der Waals surface area contributed by atoms with E-state index in [2.05, 4.69) is 52.8 Å². The van der Waals surface area contributed by atoms with Crippen LogP contribution in [0.25, 0.3) is 0 Å². The highest BCUT2D eigenvalue weighted by Crippen LogP contribution is 2.10. The second kappa shape index (κ2) is 9.71. The van der Waals surface area contributed by atoms with E-state index in [-0.39, 0.29) is 0 Å². The molecule has 24 heavy (non-hydrogen) atoms. The molecule has 1 aromatic rings. The lowest BCUT2D eigenvalue weighted by molar-refractivity contribution is 0.0376. The lowest BCUT2D eigenvalue weighted by Gasteiger charge is -2.26. The first-order valence-corrected chi connectivity index (χ1v) is 8.93. The Morgan fingerprint density at radius 3 is 2.71 bits per heavy atom. The summed E-state index contributed by atoms with van der Waals surface area (Å²) in [5.74, 6) is 0. The van der Waals surface area contributed by atoms with E-state index in [1.165, 1.54) is 11.1 Å². The van der Waals surface area contributed by atoms with E-state index < -0.39 is 0 Å². The third-order valence-electron chi connectivity index (χ3n) is 4.29. The van der Waals surface area contributed by atoms with Crippen molar-refractivity contribution in [1.82, 2.24) is 15.6 Å². The van der Waals surface area contributed by atoms with Crippen LogP contribution in [-0.2, 0) is 4.74 Å². The van der Waals surface area contributed by atoms with E-state index in [0.717, 1.165) is 57.1 Å². The number of hydrogen-bond acceptors (Lipinski definition) is 4. The Hall–Kier alpha value is -1.50. The Bertz CT molecular complexity index is 582. The van der Waals surface area contributed by atoms with Crippen molar-refractivity contribution in [3.63, 3.8) is 0 Å². The molecular weight excluding hydrogens is 320 g/mol. The first-order chi connectivity index (χ1) is 11.6. The van der Waals surface area contributed by atoms with Crippen LogP contribution >= 0.6 is 12.2 Å². The van der Waals surface area contributed by atoms with Crippen LogP contribution in [0, 0.1) is 13.8 Å². The molecule has 0 spiro atoms. The molecule has 0 bridgehead atoms. The van der Waals surface area contributed by atoms with Crippen LogP contribution in [0.2, 0.25) is 0 Å². The Morgan fingerprint density at radius 2 is 2.00 bits per heavy atom. The Labute approximate surface area is 150 Å². The molecule has 1 aliphatic rings. The predicted molar refractivity (Wildman–Crippen MR) is 104 cm³/mol. The number of benzene rings is 1. The van der Waals surface area contributed by atoms with Gasteiger partial charge in [0.2, 0.25) is 0 Å². The second-order valence-electron chi connectivity index (χ2n) is 6.17. The normalized spacial score (nSPS) is 16.0. The number of nitrogens with one attached hydrogen (secondary N) is 2. The summed E-state index contributed by atoms with van der Waals surface area (Å²) in [6.45, 7) is 11.9. The first kappa shape index (κ1) is 18.8. The monoisotopic (exact) mass is 348 g/mol. The number of morpholine rings is 1. The van der Waals surface area contributed by atoms with Crippen LogP contribution in [0.1, 0.15) is 30.0 Å². The van der Waals surface area contributed by atoms with Crippen molar-refractivity contribution in [2.45, 2.75) is 27.2 Å². The minimum atomic E-state index is 0.570. The first-order valence-electron chi connectivity index (χ1n) is 8.52. The van der Waals surface area contributed by atoms with Crippen LogP contribution < -0.4 is 10.7 Å². The van der Waals surface area contributed by atoms with Gasteiger partial charge in [0, 0.05) is 19.6 Å². The van der Waals surface area contributed by atoms with Crippen LogP contribution in [-0.4, -0.2) is 55.1 Å². The lowest BCUT2D eigenvalue weighted by Crippen LogP contribution is -2.39. The van der Waals surface area contributed by atoms with Crippen molar-refractivity contribution in [2.24, 2.45) is 5.10 Å². The SMILES string of the molecule is C/C(=N/NC(=S)NCCCN1CCOCC1)c1ccc(C)c(C)c1. The summed E-state index contributed by atoms with van der Waals surface area (Å²) in [5.41, 5.74) is 7.52. The van der Waals surface area contributed by atoms with Crippen LogP contribution in [0.5, 0.6) is 0 Å². The molecule has 0 radical (unpaired) electrons. The number of ether oxygens (including phenoxy) is 1. The van der Waals surface area contributed by atoms with Crippen molar-refractivity contribution in [3.05, 3.63) is 34.9 Å². The molecule has 1 heterocycles. The molecule has 1 saturated heterocycles. The third kappa shape index (κ3) is 6.19. The van der Waals surface area contributed by atoms with Gasteiger partial charge in [0.15, 0.2) is 5.11 Å². The van der Waals surface area contributed by atoms with Gasteiger partial charge in [0.1, 0.15) is 0 Å². The van der Waals surface area contributed by atoms with Gasteiger partial charge in [0.25, 0.3) is 0 Å². The minimum Gasteiger partial charge on any atom is -0.379 e. The van der Waals surface area contributed by atoms with Crippen molar-refractivity contribution in [1.29, 1.82) is 0 Å². The highest BCUT2D eigenvalue weighted by Gasteiger charge is 2.09. The molecule has 0 saturated carbocycles. The smallest absolute Gasteiger partial charge is 0.186 e. The summed E-state index contributed by atoms with van der Waals surface area (Å²) in [5, 5.41) is 8.14. The van der Waals surface area contributed by atoms with Crippen LogP contribution in [0.3, 0.4) is 0 Å². The highest BCUT2D eigenvalue weighted by molar-refractivity contribution is 7.80. The zero-order chi connectivity index (χ0) is 17.4. The van der Waals surface area contributed by atoms with Gasteiger partial charge in [0.05, 0.1) is 18.9 Å². The standard InChI is InChI=1S/C18H28N4OS/c1-14-5-6-17(13-15(14)2)16(3)20-21-18(24)19-7-4-8-22-9-11-23-12-10-22/h5-6,13H,4,7-12H2,1-3H3,(H2,19,21,24)/b20-16-. The maximum absolute atomic E-state index is 5.35. The molecule has 0 amide bonds. The van der Waals surface area contributed by atoms with Crippen LogP contribution in [0.4, 0.5) is 0 Å². The molecular formula is C18H28N4OS. The summed E-state index contributed by atoms with van der Waals surface area (Å²) in [6.07, 6.45) is 1.06. The quantitative estimate of drug-likeness (QED) is 0.357. The van der Waals surface area contributed by atoms with Gasteiger partial charge < -0.3 is 10.1 Å². The minimum absolute atomic E-state index is 0.570. The molecule has 0 atom stereocenters. The molecule has 1 aliphatic heterocycles. The number of hydrogen-bond donors (Lipinski definition) is 2. The molecule has 2 N–H and O–H groups in total. The van der Waals surface area contributed by atoms with Crippen molar-refractivity contribution in [2.75, 3.05) is 39.4 Å². The molecule has 1 aromatic carbocycles. The van der Waals surface area contributed by atoms with E-state index in [0.29, 0.717) is 5.11 Å². The fraction of sp³-hybridized carbons (Fsp3) is 0.556. The van der Waals surface area contributed by atoms with Gasteiger partial charge in [-0.2, -0.15) is 5.10 Å². The number of hydrazone groups is 1. The molecule has 0 aliphatic carbocycles. The Balaban J connectivity index is 1.68. The highest BCUT2D eigenvalue weighted by atomic mass is 32.1. The molecule has 5 nitrogen and oxygen atoms in total. The van der Waals surface area contributed by atoms with Gasteiger partial charge >= 0.3 is 0 Å². The Kier molecular flexibility index (Phi) is 7.62. The third-order valence-corrected chi connectivity index (χ3v) is 4.53. The Morgan fingerprint density at radius 1 is 1.25 bits per heavy atom. The van der Waals surface area contributed by atoms with Crippen molar-refractivity contribution >= 4 is 23.0 Å². The maximum atomic E-state index is 5.35. The molecule has 1 fully saturated rings. The van der Waals surface area contributed by atoms with E-state index in [1.807, 2.05) is 6.92 Å². The summed E-state index contributed by atoms with van der Waals surface area (Å²) >= 11 is 5.28. The van der Waals surface area contributed by atoms with Gasteiger partial charge in [-0.25, -0.2) is 0 Å². The lowest BCUT2D eigenvalue weighted by atomic mass is 10.0. The number of thiocarbonyl (C=S) groups is 1. The van der Waals surface area contributed by atoms with E-state index in [1.54, 1.807) is 0 Å².